The van der Waals surface area contributed by atoms with Crippen LogP contribution in [0.3, 0.4) is 0 Å². The van der Waals surface area contributed by atoms with E-state index >= 15 is 0 Å². The van der Waals surface area contributed by atoms with Gasteiger partial charge in [0.1, 0.15) is 11.2 Å². The summed E-state index contributed by atoms with van der Waals surface area (Å²) in [5.74, 6) is 1.79. The first kappa shape index (κ1) is 35.5. The van der Waals surface area contributed by atoms with Crippen molar-refractivity contribution in [3.05, 3.63) is 218 Å². The van der Waals surface area contributed by atoms with E-state index in [-0.39, 0.29) is 0 Å². The molecule has 0 radical (unpaired) electrons. The zero-order valence-corrected chi connectivity index (χ0v) is 33.5. The van der Waals surface area contributed by atoms with Gasteiger partial charge >= 0.3 is 0 Å². The van der Waals surface area contributed by atoms with Gasteiger partial charge in [-0.25, -0.2) is 15.0 Å². The van der Waals surface area contributed by atoms with Gasteiger partial charge in [0.05, 0.1) is 16.7 Å². The van der Waals surface area contributed by atoms with Crippen LogP contribution in [0, 0.1) is 0 Å². The van der Waals surface area contributed by atoms with Crippen LogP contribution in [0.15, 0.2) is 223 Å². The minimum absolute atomic E-state index is 0.576. The maximum atomic E-state index is 6.71. The Morgan fingerprint density at radius 2 is 0.677 bits per heavy atom. The topological polar surface area (TPSA) is 56.7 Å². The van der Waals surface area contributed by atoms with Crippen LogP contribution in [0.1, 0.15) is 0 Å². The van der Waals surface area contributed by atoms with Gasteiger partial charge < -0.3 is 8.98 Å². The molecule has 0 atom stereocenters. The summed E-state index contributed by atoms with van der Waals surface area (Å²) in [5, 5.41) is 4.56. The van der Waals surface area contributed by atoms with Gasteiger partial charge in [-0.15, -0.1) is 0 Å². The van der Waals surface area contributed by atoms with Crippen molar-refractivity contribution in [3.8, 4) is 73.2 Å². The van der Waals surface area contributed by atoms with E-state index in [9.17, 15) is 0 Å². The van der Waals surface area contributed by atoms with Crippen molar-refractivity contribution < 1.29 is 4.42 Å². The number of rotatable bonds is 7. The molecule has 0 amide bonds. The van der Waals surface area contributed by atoms with E-state index in [0.29, 0.717) is 17.5 Å². The molecule has 0 aliphatic rings. The summed E-state index contributed by atoms with van der Waals surface area (Å²) >= 11 is 0. The van der Waals surface area contributed by atoms with Crippen molar-refractivity contribution in [2.75, 3.05) is 0 Å². The molecule has 3 heterocycles. The van der Waals surface area contributed by atoms with Gasteiger partial charge in [0.25, 0.3) is 0 Å². The van der Waals surface area contributed by atoms with Crippen molar-refractivity contribution >= 4 is 43.7 Å². The van der Waals surface area contributed by atoms with Crippen LogP contribution in [0.5, 0.6) is 0 Å². The molecule has 0 spiro atoms. The molecule has 12 aromatic rings. The first-order chi connectivity index (χ1) is 30.7. The molecule has 9 aromatic carbocycles. The maximum absolute atomic E-state index is 6.71. The normalized spacial score (nSPS) is 11.5. The number of fused-ring (bicyclic) bond motifs is 6. The fourth-order valence-electron chi connectivity index (χ4n) is 8.83. The van der Waals surface area contributed by atoms with E-state index < -0.39 is 0 Å². The molecule has 0 unspecified atom stereocenters. The lowest BCUT2D eigenvalue weighted by Crippen LogP contribution is -2.00. The van der Waals surface area contributed by atoms with Crippen LogP contribution >= 0.6 is 0 Å². The van der Waals surface area contributed by atoms with Crippen LogP contribution in [-0.2, 0) is 0 Å². The first-order valence-corrected chi connectivity index (χ1v) is 20.8. The molecular weight excluding hydrogens is 757 g/mol. The molecule has 0 N–H and O–H groups in total. The van der Waals surface area contributed by atoms with E-state index in [1.54, 1.807) is 0 Å². The highest BCUT2D eigenvalue weighted by molar-refractivity contribution is 6.10. The molecule has 0 aliphatic carbocycles. The molecule has 0 bridgehead atoms. The summed E-state index contributed by atoms with van der Waals surface area (Å²) in [4.78, 5) is 15.2. The Hall–Kier alpha value is -8.41. The quantitative estimate of drug-likeness (QED) is 0.161. The van der Waals surface area contributed by atoms with Crippen molar-refractivity contribution in [1.29, 1.82) is 0 Å². The lowest BCUT2D eigenvalue weighted by Gasteiger charge is -2.14. The average molecular weight is 793 g/mol. The van der Waals surface area contributed by atoms with E-state index in [4.69, 9.17) is 19.4 Å². The Balaban J connectivity index is 0.951. The third kappa shape index (κ3) is 6.14. The highest BCUT2D eigenvalue weighted by Gasteiger charge is 2.18. The minimum atomic E-state index is 0.576. The molecule has 5 heteroatoms. The second-order valence-corrected chi connectivity index (χ2v) is 15.6. The van der Waals surface area contributed by atoms with E-state index in [2.05, 4.69) is 211 Å². The molecule has 0 aliphatic heterocycles. The summed E-state index contributed by atoms with van der Waals surface area (Å²) in [6, 6.07) is 76.3. The largest absolute Gasteiger partial charge is 0.456 e. The van der Waals surface area contributed by atoms with Crippen molar-refractivity contribution in [2.45, 2.75) is 0 Å². The van der Waals surface area contributed by atoms with Crippen molar-refractivity contribution in [3.63, 3.8) is 0 Å². The lowest BCUT2D eigenvalue weighted by atomic mass is 10.0. The highest BCUT2D eigenvalue weighted by atomic mass is 16.3. The summed E-state index contributed by atoms with van der Waals surface area (Å²) in [7, 11) is 0. The summed E-state index contributed by atoms with van der Waals surface area (Å²) in [6.45, 7) is 0. The fraction of sp³-hybridized carbons (Fsp3) is 0. The van der Waals surface area contributed by atoms with Crippen LogP contribution in [0.4, 0.5) is 0 Å². The molecular formula is C57H36N4O. The third-order valence-electron chi connectivity index (χ3n) is 11.9. The van der Waals surface area contributed by atoms with Gasteiger partial charge in [-0.3, -0.25) is 0 Å². The van der Waals surface area contributed by atoms with Crippen LogP contribution in [-0.4, -0.2) is 19.5 Å². The van der Waals surface area contributed by atoms with Gasteiger partial charge in [-0.05, 0) is 70.3 Å². The summed E-state index contributed by atoms with van der Waals surface area (Å²) in [6.07, 6.45) is 0. The van der Waals surface area contributed by atoms with Gasteiger partial charge in [-0.2, -0.15) is 0 Å². The third-order valence-corrected chi connectivity index (χ3v) is 11.9. The number of hydrogen-bond acceptors (Lipinski definition) is 4. The number of furan rings is 1. The van der Waals surface area contributed by atoms with E-state index in [1.165, 1.54) is 21.8 Å². The van der Waals surface area contributed by atoms with Gasteiger partial charge in [-0.1, -0.05) is 176 Å². The lowest BCUT2D eigenvalue weighted by molar-refractivity contribution is 0.669. The molecule has 0 saturated heterocycles. The molecule has 62 heavy (non-hydrogen) atoms. The Morgan fingerprint density at radius 1 is 0.290 bits per heavy atom. The predicted octanol–water partition coefficient (Wildman–Crippen LogP) is 14.9. The fourth-order valence-corrected chi connectivity index (χ4v) is 8.83. The zero-order valence-electron chi connectivity index (χ0n) is 33.5. The second-order valence-electron chi connectivity index (χ2n) is 15.6. The Morgan fingerprint density at radius 3 is 1.23 bits per heavy atom. The van der Waals surface area contributed by atoms with Crippen LogP contribution in [0.2, 0.25) is 0 Å². The zero-order chi connectivity index (χ0) is 41.0. The molecule has 12 rings (SSSR count). The predicted molar refractivity (Wildman–Crippen MR) is 254 cm³/mol. The Labute approximate surface area is 357 Å². The maximum Gasteiger partial charge on any atom is 0.164 e. The van der Waals surface area contributed by atoms with Gasteiger partial charge in [0, 0.05) is 43.8 Å². The molecule has 0 saturated carbocycles. The Bertz CT molecular complexity index is 3450. The van der Waals surface area contributed by atoms with E-state index in [0.717, 1.165) is 77.7 Å². The monoisotopic (exact) mass is 792 g/mol. The minimum Gasteiger partial charge on any atom is -0.456 e. The molecule has 5 nitrogen and oxygen atoms in total. The summed E-state index contributed by atoms with van der Waals surface area (Å²) < 4.78 is 9.09. The number of nitrogens with zero attached hydrogens (tertiary/aromatic N) is 4. The number of aromatic nitrogens is 4. The summed E-state index contributed by atoms with van der Waals surface area (Å²) in [5.41, 5.74) is 14.5. The highest BCUT2D eigenvalue weighted by Crippen LogP contribution is 2.39. The first-order valence-electron chi connectivity index (χ1n) is 20.8. The number of benzene rings is 9. The van der Waals surface area contributed by atoms with Gasteiger partial charge in [0.2, 0.25) is 0 Å². The van der Waals surface area contributed by atoms with Crippen LogP contribution < -0.4 is 0 Å². The number of para-hydroxylation sites is 3. The van der Waals surface area contributed by atoms with Crippen molar-refractivity contribution in [1.82, 2.24) is 19.5 Å². The average Bonchev–Trinajstić information content (AvgIpc) is 3.89. The van der Waals surface area contributed by atoms with Crippen molar-refractivity contribution in [2.24, 2.45) is 0 Å². The molecule has 0 fully saturated rings. The molecule has 290 valence electrons. The molecule has 3 aromatic heterocycles. The van der Waals surface area contributed by atoms with Gasteiger partial charge in [0.15, 0.2) is 17.5 Å². The number of hydrogen-bond donors (Lipinski definition) is 0. The van der Waals surface area contributed by atoms with Crippen LogP contribution in [0.25, 0.3) is 117 Å². The second kappa shape index (κ2) is 14.7. The smallest absolute Gasteiger partial charge is 0.164 e. The standard InChI is InChI=1S/C57H36N4O/c1-3-13-37(14-4-1)39-23-27-41(28-24-39)55-58-56(42-29-25-40(26-30-42)38-15-5-2-6-16-38)60-57(59-55)44-32-34-49-48-33-31-43(35-53(48)62-54(49)36-44)45-17-7-10-20-50(45)61-51-21-11-8-18-46(51)47-19-9-12-22-52(47)61/h1-36H. The Kier molecular flexibility index (Phi) is 8.42. The van der Waals surface area contributed by atoms with E-state index in [1.807, 2.05) is 12.1 Å². The SMILES string of the molecule is c1ccc(-c2ccc(-c3nc(-c4ccc(-c5ccccc5)cc4)nc(-c4ccc5c(c4)oc4cc(-c6ccccc6-n6c7ccccc7c7ccccc76)ccc45)n3)cc2)cc1.